The normalized spacial score (nSPS) is 16.5. The van der Waals surface area contributed by atoms with E-state index in [9.17, 15) is 21.6 Å². The van der Waals surface area contributed by atoms with Crippen molar-refractivity contribution in [3.05, 3.63) is 103 Å². The van der Waals surface area contributed by atoms with Gasteiger partial charge in [-0.3, -0.25) is 0 Å². The summed E-state index contributed by atoms with van der Waals surface area (Å²) in [5.74, 6) is -0.368. The van der Waals surface area contributed by atoms with Crippen LogP contribution in [0, 0.1) is 11.8 Å². The van der Waals surface area contributed by atoms with Crippen LogP contribution >= 0.6 is 0 Å². The number of halogens is 3. The summed E-state index contributed by atoms with van der Waals surface area (Å²) in [5, 5.41) is 13.4. The van der Waals surface area contributed by atoms with Gasteiger partial charge in [0.25, 0.3) is 0 Å². The monoisotopic (exact) mass is 693 g/mol. The summed E-state index contributed by atoms with van der Waals surface area (Å²) < 4.78 is 60.9. The first-order chi connectivity index (χ1) is 23.4. The maximum absolute atomic E-state index is 13.1. The van der Waals surface area contributed by atoms with Crippen molar-refractivity contribution in [2.45, 2.75) is 43.3 Å². The van der Waals surface area contributed by atoms with Crippen LogP contribution in [-0.2, 0) is 21.4 Å². The van der Waals surface area contributed by atoms with Crippen molar-refractivity contribution >= 4 is 49.4 Å². The third kappa shape index (κ3) is 9.45. The number of carboxylic acids is 1. The number of hydrogen-bond acceptors (Lipinski definition) is 7. The number of hydrogen-bond donors (Lipinski definition) is 3. The minimum Gasteiger partial charge on any atom is -0.475 e. The number of carbonyl (C=O) groups is 1. The lowest BCUT2D eigenvalue weighted by Crippen LogP contribution is -2.32. The summed E-state index contributed by atoms with van der Waals surface area (Å²) in [4.78, 5) is 21.2. The van der Waals surface area contributed by atoms with Gasteiger partial charge in [0.15, 0.2) is 0 Å². The Morgan fingerprint density at radius 1 is 0.816 bits per heavy atom. The van der Waals surface area contributed by atoms with Gasteiger partial charge in [-0.05, 0) is 66.7 Å². The van der Waals surface area contributed by atoms with Crippen LogP contribution in [0.5, 0.6) is 0 Å². The SMILES string of the molecule is CN(Cc1ccccc1)c1nc(NCC2CCC(CNS(=O)(=O)c3cccc4ccccc34)CC2)nc2ccccc12.O=C(O)C(F)(F)F. The molecular formula is C36H38F3N5O4S. The lowest BCUT2D eigenvalue weighted by molar-refractivity contribution is -0.192. The molecule has 0 bridgehead atoms. The summed E-state index contributed by atoms with van der Waals surface area (Å²) in [7, 11) is -1.51. The van der Waals surface area contributed by atoms with Gasteiger partial charge in [0.2, 0.25) is 16.0 Å². The van der Waals surface area contributed by atoms with Crippen LogP contribution in [0.2, 0.25) is 0 Å². The van der Waals surface area contributed by atoms with Crippen LogP contribution in [0.1, 0.15) is 31.2 Å². The van der Waals surface area contributed by atoms with Gasteiger partial charge in [-0.2, -0.15) is 18.2 Å². The molecule has 5 aromatic rings. The third-order valence-corrected chi connectivity index (χ3v) is 10.0. The van der Waals surface area contributed by atoms with E-state index < -0.39 is 22.2 Å². The molecule has 0 saturated heterocycles. The highest BCUT2D eigenvalue weighted by Crippen LogP contribution is 2.31. The first-order valence-electron chi connectivity index (χ1n) is 15.9. The molecule has 0 spiro atoms. The van der Waals surface area contributed by atoms with E-state index in [-0.39, 0.29) is 0 Å². The first kappa shape index (κ1) is 35.6. The summed E-state index contributed by atoms with van der Waals surface area (Å²) in [6, 6.07) is 31.6. The fourth-order valence-electron chi connectivity index (χ4n) is 5.97. The largest absolute Gasteiger partial charge is 0.490 e. The number of para-hydroxylation sites is 1. The Kier molecular flexibility index (Phi) is 11.4. The molecule has 1 aromatic heterocycles. The van der Waals surface area contributed by atoms with Crippen molar-refractivity contribution in [2.24, 2.45) is 11.8 Å². The molecule has 1 fully saturated rings. The summed E-state index contributed by atoms with van der Waals surface area (Å²) >= 11 is 0. The molecule has 9 nitrogen and oxygen atoms in total. The zero-order valence-corrected chi connectivity index (χ0v) is 27.7. The third-order valence-electron chi connectivity index (χ3n) is 8.57. The molecule has 0 atom stereocenters. The predicted octanol–water partition coefficient (Wildman–Crippen LogP) is 7.25. The molecule has 3 N–H and O–H groups in total. The molecule has 1 aliphatic carbocycles. The zero-order chi connectivity index (χ0) is 35.0. The van der Waals surface area contributed by atoms with Crippen LogP contribution in [0.3, 0.4) is 0 Å². The number of benzene rings is 4. The van der Waals surface area contributed by atoms with E-state index in [0.29, 0.717) is 29.2 Å². The minimum atomic E-state index is -5.08. The van der Waals surface area contributed by atoms with Crippen LogP contribution in [0.25, 0.3) is 21.7 Å². The topological polar surface area (TPSA) is 125 Å². The number of alkyl halides is 3. The van der Waals surface area contributed by atoms with Gasteiger partial charge in [0.05, 0.1) is 10.4 Å². The Morgan fingerprint density at radius 2 is 1.39 bits per heavy atom. The van der Waals surface area contributed by atoms with Gasteiger partial charge in [0.1, 0.15) is 5.82 Å². The number of aliphatic carboxylic acids is 1. The van der Waals surface area contributed by atoms with E-state index in [4.69, 9.17) is 19.9 Å². The number of anilines is 2. The predicted molar refractivity (Wildman–Crippen MR) is 185 cm³/mol. The average Bonchev–Trinajstić information content (AvgIpc) is 3.10. The lowest BCUT2D eigenvalue weighted by atomic mass is 9.82. The number of rotatable bonds is 10. The van der Waals surface area contributed by atoms with Crippen LogP contribution in [0.15, 0.2) is 102 Å². The molecule has 0 unspecified atom stereocenters. The van der Waals surface area contributed by atoms with Gasteiger partial charge < -0.3 is 15.3 Å². The summed E-state index contributed by atoms with van der Waals surface area (Å²) in [6.07, 6.45) is -1.01. The van der Waals surface area contributed by atoms with E-state index in [2.05, 4.69) is 52.3 Å². The van der Waals surface area contributed by atoms with Crippen molar-refractivity contribution in [1.29, 1.82) is 0 Å². The Balaban J connectivity index is 0.000000606. The molecule has 1 heterocycles. The number of fused-ring (bicyclic) bond motifs is 2. The maximum Gasteiger partial charge on any atom is 0.490 e. The van der Waals surface area contributed by atoms with Crippen LogP contribution in [0.4, 0.5) is 24.9 Å². The Morgan fingerprint density at radius 3 is 2.06 bits per heavy atom. The van der Waals surface area contributed by atoms with Crippen molar-refractivity contribution in [1.82, 2.24) is 14.7 Å². The van der Waals surface area contributed by atoms with Crippen molar-refractivity contribution in [3.63, 3.8) is 0 Å². The number of nitrogens with zero attached hydrogens (tertiary/aromatic N) is 3. The zero-order valence-electron chi connectivity index (χ0n) is 26.9. The van der Waals surface area contributed by atoms with Gasteiger partial charge in [0, 0.05) is 37.5 Å². The second kappa shape index (κ2) is 15.6. The second-order valence-electron chi connectivity index (χ2n) is 12.1. The molecule has 258 valence electrons. The number of carboxylic acid groups (broad SMARTS) is 1. The molecule has 13 heteroatoms. The average molecular weight is 694 g/mol. The number of sulfonamides is 1. The van der Waals surface area contributed by atoms with Crippen molar-refractivity contribution < 1.29 is 31.5 Å². The number of nitrogens with one attached hydrogen (secondary N) is 2. The molecule has 0 aliphatic heterocycles. The van der Waals surface area contributed by atoms with Gasteiger partial charge in [-0.15, -0.1) is 0 Å². The van der Waals surface area contributed by atoms with Crippen molar-refractivity contribution in [2.75, 3.05) is 30.4 Å². The Labute approximate surface area is 283 Å². The van der Waals surface area contributed by atoms with Gasteiger partial charge in [-0.1, -0.05) is 78.9 Å². The molecule has 1 aliphatic rings. The second-order valence-corrected chi connectivity index (χ2v) is 13.9. The van der Waals surface area contributed by atoms with E-state index in [1.807, 2.05) is 54.6 Å². The fourth-order valence-corrected chi connectivity index (χ4v) is 7.32. The first-order valence-corrected chi connectivity index (χ1v) is 17.4. The maximum atomic E-state index is 13.1. The quantitative estimate of drug-likeness (QED) is 0.140. The Bertz CT molecular complexity index is 1980. The molecule has 4 aromatic carbocycles. The van der Waals surface area contributed by atoms with Gasteiger partial charge in [-0.25, -0.2) is 22.9 Å². The summed E-state index contributed by atoms with van der Waals surface area (Å²) in [6.45, 7) is 2.03. The lowest BCUT2D eigenvalue weighted by Gasteiger charge is -2.29. The van der Waals surface area contributed by atoms with Gasteiger partial charge >= 0.3 is 12.1 Å². The Hall–Kier alpha value is -4.75. The smallest absolute Gasteiger partial charge is 0.475 e. The van der Waals surface area contributed by atoms with Crippen LogP contribution in [-0.4, -0.2) is 55.8 Å². The van der Waals surface area contributed by atoms with E-state index in [1.165, 1.54) is 5.56 Å². The molecule has 0 amide bonds. The molecule has 6 rings (SSSR count). The summed E-state index contributed by atoms with van der Waals surface area (Å²) in [5.41, 5.74) is 2.15. The fraction of sp³-hybridized carbons (Fsp3) is 0.306. The van der Waals surface area contributed by atoms with Crippen LogP contribution < -0.4 is 14.9 Å². The molecule has 49 heavy (non-hydrogen) atoms. The van der Waals surface area contributed by atoms with E-state index >= 15 is 0 Å². The molecule has 0 radical (unpaired) electrons. The molecule has 1 saturated carbocycles. The van der Waals surface area contributed by atoms with Crippen molar-refractivity contribution in [3.8, 4) is 0 Å². The molecular weight excluding hydrogens is 655 g/mol. The standard InChI is InChI=1S/C34H37N5O2S.C2HF3O2/c1-39(24-27-10-3-2-4-11-27)33-30-15-7-8-16-31(30)37-34(38-33)35-22-25-18-20-26(21-19-25)23-36-42(40,41)32-17-9-13-28-12-5-6-14-29(28)32;3-2(4,5)1(6)7/h2-17,25-26,36H,18-24H2,1H3,(H,35,37,38);(H,6,7). The number of aromatic nitrogens is 2. The minimum absolute atomic E-state index is 0.334. The highest BCUT2D eigenvalue weighted by molar-refractivity contribution is 7.89. The highest BCUT2D eigenvalue weighted by Gasteiger charge is 2.38. The van der Waals surface area contributed by atoms with E-state index in [1.54, 1.807) is 12.1 Å². The highest BCUT2D eigenvalue weighted by atomic mass is 32.2. The van der Waals surface area contributed by atoms with E-state index in [0.717, 1.165) is 66.3 Å².